The van der Waals surface area contributed by atoms with Crippen LogP contribution in [0.5, 0.6) is 0 Å². The van der Waals surface area contributed by atoms with Gasteiger partial charge in [-0.05, 0) is 31.0 Å². The maximum atomic E-state index is 11.9. The number of nitrogens with zero attached hydrogens (tertiary/aromatic N) is 1. The summed E-state index contributed by atoms with van der Waals surface area (Å²) in [6, 6.07) is 4.87. The van der Waals surface area contributed by atoms with E-state index in [9.17, 15) is 9.59 Å². The van der Waals surface area contributed by atoms with Crippen molar-refractivity contribution in [2.45, 2.75) is 19.3 Å². The fraction of sp³-hybridized carbons (Fsp3) is 0.429. The third kappa shape index (κ3) is 5.02. The highest BCUT2D eigenvalue weighted by molar-refractivity contribution is 6.34. The topological polar surface area (TPSA) is 49.4 Å². The van der Waals surface area contributed by atoms with Crippen LogP contribution in [0.25, 0.3) is 0 Å². The van der Waals surface area contributed by atoms with E-state index < -0.39 is 0 Å². The van der Waals surface area contributed by atoms with Crippen molar-refractivity contribution >= 4 is 40.7 Å². The van der Waals surface area contributed by atoms with Crippen LogP contribution in [0.3, 0.4) is 0 Å². The second kappa shape index (κ2) is 8.12. The van der Waals surface area contributed by atoms with Crippen LogP contribution in [0.1, 0.15) is 29.6 Å². The van der Waals surface area contributed by atoms with Crippen molar-refractivity contribution < 1.29 is 9.59 Å². The number of hydrogen-bond acceptors (Lipinski definition) is 2. The molecule has 2 amide bonds. The van der Waals surface area contributed by atoms with E-state index in [0.717, 1.165) is 12.8 Å². The van der Waals surface area contributed by atoms with E-state index in [-0.39, 0.29) is 11.8 Å². The van der Waals surface area contributed by atoms with E-state index in [1.165, 1.54) is 4.90 Å². The first kappa shape index (κ1) is 16.8. The van der Waals surface area contributed by atoms with E-state index in [2.05, 4.69) is 5.32 Å². The first-order valence-corrected chi connectivity index (χ1v) is 7.24. The Morgan fingerprint density at radius 2 is 1.95 bits per heavy atom. The standard InChI is InChI=1S/C14H18Cl2N2O2/c1-18(2)14(20)11-9-10(6-7-12(11)16)17-13(19)5-3-4-8-15/h6-7,9H,3-5,8H2,1-2H3,(H,17,19). The molecule has 0 aliphatic carbocycles. The zero-order valence-electron chi connectivity index (χ0n) is 11.6. The highest BCUT2D eigenvalue weighted by Crippen LogP contribution is 2.22. The van der Waals surface area contributed by atoms with Gasteiger partial charge < -0.3 is 10.2 Å². The van der Waals surface area contributed by atoms with Gasteiger partial charge in [0.25, 0.3) is 5.91 Å². The van der Waals surface area contributed by atoms with Gasteiger partial charge in [-0.25, -0.2) is 0 Å². The van der Waals surface area contributed by atoms with Crippen LogP contribution in [0, 0.1) is 0 Å². The third-order valence-electron chi connectivity index (χ3n) is 2.67. The minimum Gasteiger partial charge on any atom is -0.345 e. The molecule has 0 atom stereocenters. The Hall–Kier alpha value is -1.26. The molecule has 0 saturated carbocycles. The Labute approximate surface area is 129 Å². The number of nitrogens with one attached hydrogen (secondary N) is 1. The van der Waals surface area contributed by atoms with Crippen LogP contribution in [0.4, 0.5) is 5.69 Å². The minimum absolute atomic E-state index is 0.0966. The van der Waals surface area contributed by atoms with E-state index in [0.29, 0.717) is 28.6 Å². The predicted molar refractivity (Wildman–Crippen MR) is 82.7 cm³/mol. The van der Waals surface area contributed by atoms with Gasteiger partial charge in [0.2, 0.25) is 5.91 Å². The number of halogens is 2. The maximum Gasteiger partial charge on any atom is 0.254 e. The number of carbonyl (C=O) groups excluding carboxylic acids is 2. The van der Waals surface area contributed by atoms with Crippen LogP contribution in [-0.2, 0) is 4.79 Å². The normalized spacial score (nSPS) is 10.2. The first-order valence-electron chi connectivity index (χ1n) is 6.32. The molecule has 6 heteroatoms. The zero-order valence-corrected chi connectivity index (χ0v) is 13.1. The molecule has 1 aromatic carbocycles. The molecule has 0 radical (unpaired) electrons. The summed E-state index contributed by atoms with van der Waals surface area (Å²) in [5, 5.41) is 3.12. The summed E-state index contributed by atoms with van der Waals surface area (Å²) in [4.78, 5) is 25.1. The Morgan fingerprint density at radius 1 is 1.25 bits per heavy atom. The molecule has 0 bridgehead atoms. The molecule has 0 fully saturated rings. The first-order chi connectivity index (χ1) is 9.45. The van der Waals surface area contributed by atoms with Crippen molar-refractivity contribution in [2.24, 2.45) is 0 Å². The molecule has 0 unspecified atom stereocenters. The van der Waals surface area contributed by atoms with Gasteiger partial charge in [-0.1, -0.05) is 11.6 Å². The van der Waals surface area contributed by atoms with Gasteiger partial charge in [0.05, 0.1) is 10.6 Å². The molecular formula is C14H18Cl2N2O2. The lowest BCUT2D eigenvalue weighted by molar-refractivity contribution is -0.116. The number of carbonyl (C=O) groups is 2. The molecule has 110 valence electrons. The van der Waals surface area contributed by atoms with Gasteiger partial charge in [-0.3, -0.25) is 9.59 Å². The van der Waals surface area contributed by atoms with Gasteiger partial charge >= 0.3 is 0 Å². The van der Waals surface area contributed by atoms with Gasteiger partial charge in [0, 0.05) is 32.1 Å². The second-order valence-electron chi connectivity index (χ2n) is 4.59. The molecule has 1 rings (SSSR count). The Balaban J connectivity index is 2.75. The van der Waals surface area contributed by atoms with Gasteiger partial charge in [0.15, 0.2) is 0 Å². The zero-order chi connectivity index (χ0) is 15.1. The maximum absolute atomic E-state index is 11.9. The smallest absolute Gasteiger partial charge is 0.254 e. The summed E-state index contributed by atoms with van der Waals surface area (Å²) in [5.74, 6) is 0.254. The number of alkyl halides is 1. The summed E-state index contributed by atoms with van der Waals surface area (Å²) in [7, 11) is 3.30. The Bertz CT molecular complexity index is 490. The van der Waals surface area contributed by atoms with Crippen LogP contribution in [0.15, 0.2) is 18.2 Å². The van der Waals surface area contributed by atoms with Crippen LogP contribution < -0.4 is 5.32 Å². The highest BCUT2D eigenvalue weighted by Gasteiger charge is 2.13. The number of amides is 2. The second-order valence-corrected chi connectivity index (χ2v) is 5.37. The van der Waals surface area contributed by atoms with E-state index in [1.54, 1.807) is 32.3 Å². The van der Waals surface area contributed by atoms with E-state index >= 15 is 0 Å². The van der Waals surface area contributed by atoms with Gasteiger partial charge in [-0.15, -0.1) is 11.6 Å². The third-order valence-corrected chi connectivity index (χ3v) is 3.27. The van der Waals surface area contributed by atoms with Crippen LogP contribution in [0.2, 0.25) is 5.02 Å². The molecule has 0 aliphatic heterocycles. The SMILES string of the molecule is CN(C)C(=O)c1cc(NC(=O)CCCCCl)ccc1Cl. The van der Waals surface area contributed by atoms with Crippen molar-refractivity contribution in [1.29, 1.82) is 0 Å². The molecule has 0 spiro atoms. The molecule has 4 nitrogen and oxygen atoms in total. The summed E-state index contributed by atoms with van der Waals surface area (Å²) in [6.45, 7) is 0. The number of benzene rings is 1. The molecule has 0 aromatic heterocycles. The lowest BCUT2D eigenvalue weighted by Gasteiger charge is -2.13. The minimum atomic E-state index is -0.201. The average molecular weight is 317 g/mol. The number of anilines is 1. The lowest BCUT2D eigenvalue weighted by atomic mass is 10.1. The van der Waals surface area contributed by atoms with Crippen molar-refractivity contribution in [1.82, 2.24) is 4.90 Å². The van der Waals surface area contributed by atoms with Crippen molar-refractivity contribution in [3.05, 3.63) is 28.8 Å². The number of hydrogen-bond donors (Lipinski definition) is 1. The molecule has 0 heterocycles. The molecular weight excluding hydrogens is 299 g/mol. The molecule has 0 saturated heterocycles. The van der Waals surface area contributed by atoms with Crippen molar-refractivity contribution in [3.8, 4) is 0 Å². The average Bonchev–Trinajstić information content (AvgIpc) is 2.40. The molecule has 20 heavy (non-hydrogen) atoms. The summed E-state index contributed by atoms with van der Waals surface area (Å²) in [5.41, 5.74) is 0.936. The summed E-state index contributed by atoms with van der Waals surface area (Å²) < 4.78 is 0. The fourth-order valence-corrected chi connectivity index (χ4v) is 2.00. The number of unbranched alkanes of at least 4 members (excludes halogenated alkanes) is 1. The molecule has 0 aliphatic rings. The van der Waals surface area contributed by atoms with Gasteiger partial charge in [-0.2, -0.15) is 0 Å². The largest absolute Gasteiger partial charge is 0.345 e. The lowest BCUT2D eigenvalue weighted by Crippen LogP contribution is -2.22. The van der Waals surface area contributed by atoms with E-state index in [1.807, 2.05) is 0 Å². The molecule has 1 aromatic rings. The summed E-state index contributed by atoms with van der Waals surface area (Å²) in [6.07, 6.45) is 1.96. The summed E-state index contributed by atoms with van der Waals surface area (Å²) >= 11 is 11.6. The quantitative estimate of drug-likeness (QED) is 0.646. The Morgan fingerprint density at radius 3 is 2.55 bits per heavy atom. The number of rotatable bonds is 6. The molecule has 1 N–H and O–H groups in total. The Kier molecular flexibility index (Phi) is 6.82. The highest BCUT2D eigenvalue weighted by atomic mass is 35.5. The van der Waals surface area contributed by atoms with Crippen molar-refractivity contribution in [2.75, 3.05) is 25.3 Å². The fourth-order valence-electron chi connectivity index (χ4n) is 1.61. The predicted octanol–water partition coefficient (Wildman–Crippen LogP) is 3.39. The monoisotopic (exact) mass is 316 g/mol. The van der Waals surface area contributed by atoms with Crippen molar-refractivity contribution in [3.63, 3.8) is 0 Å². The van der Waals surface area contributed by atoms with Crippen LogP contribution >= 0.6 is 23.2 Å². The van der Waals surface area contributed by atoms with Crippen LogP contribution in [-0.4, -0.2) is 36.7 Å². The van der Waals surface area contributed by atoms with E-state index in [4.69, 9.17) is 23.2 Å². The van der Waals surface area contributed by atoms with Gasteiger partial charge in [0.1, 0.15) is 0 Å².